The Hall–Kier alpha value is -3.16. The van der Waals surface area contributed by atoms with Gasteiger partial charge in [0.15, 0.2) is 5.65 Å². The highest BCUT2D eigenvalue weighted by atomic mass is 16.3. The van der Waals surface area contributed by atoms with Gasteiger partial charge in [-0.15, -0.1) is 0 Å². The van der Waals surface area contributed by atoms with Crippen LogP contribution < -0.4 is 16.4 Å². The van der Waals surface area contributed by atoms with Crippen LogP contribution >= 0.6 is 0 Å². The Morgan fingerprint density at radius 1 is 1.28 bits per heavy atom. The quantitative estimate of drug-likeness (QED) is 0.678. The first-order chi connectivity index (χ1) is 12.0. The van der Waals surface area contributed by atoms with Crippen LogP contribution in [-0.2, 0) is 24.8 Å². The van der Waals surface area contributed by atoms with Gasteiger partial charge >= 0.3 is 11.1 Å². The Labute approximate surface area is 142 Å². The lowest BCUT2D eigenvalue weighted by Crippen LogP contribution is -2.44. The van der Waals surface area contributed by atoms with Crippen LogP contribution in [-0.4, -0.2) is 26.1 Å². The minimum atomic E-state index is -0.753. The van der Waals surface area contributed by atoms with E-state index in [0.29, 0.717) is 17.6 Å². The molecule has 3 heterocycles. The van der Waals surface area contributed by atoms with E-state index in [0.717, 1.165) is 10.3 Å². The second-order valence-electron chi connectivity index (χ2n) is 5.85. The standard InChI is InChI=1S/C17H18N4O4/c1-11(9-12-5-4-8-25-12)19-14(22)10-21-13-6-3-7-18-15(13)20(2)16(23)17(21)24/h3-8,11H,9-10H2,1-2H3,(H,19,22)/t11-/m0/s1. The van der Waals surface area contributed by atoms with Gasteiger partial charge in [-0.25, -0.2) is 4.98 Å². The lowest BCUT2D eigenvalue weighted by atomic mass is 10.2. The molecule has 0 saturated heterocycles. The normalized spacial score (nSPS) is 12.2. The van der Waals surface area contributed by atoms with Crippen molar-refractivity contribution in [2.45, 2.75) is 25.9 Å². The SMILES string of the molecule is C[C@@H](Cc1ccco1)NC(=O)Cn1c(=O)c(=O)n(C)c2ncccc21. The lowest BCUT2D eigenvalue weighted by molar-refractivity contribution is -0.122. The fourth-order valence-corrected chi connectivity index (χ4v) is 2.72. The third-order valence-electron chi connectivity index (χ3n) is 3.90. The predicted octanol–water partition coefficient (Wildman–Crippen LogP) is 0.436. The molecule has 1 amide bonds. The van der Waals surface area contributed by atoms with Crippen LogP contribution in [0, 0.1) is 0 Å². The number of aromatic nitrogens is 3. The Morgan fingerprint density at radius 3 is 2.80 bits per heavy atom. The molecule has 25 heavy (non-hydrogen) atoms. The number of carbonyl (C=O) groups excluding carboxylic acids is 1. The van der Waals surface area contributed by atoms with E-state index in [1.807, 2.05) is 13.0 Å². The molecule has 1 N–H and O–H groups in total. The van der Waals surface area contributed by atoms with Crippen molar-refractivity contribution in [3.8, 4) is 0 Å². The van der Waals surface area contributed by atoms with Gasteiger partial charge in [-0.1, -0.05) is 0 Å². The molecule has 0 bridgehead atoms. The number of aryl methyl sites for hydroxylation is 1. The van der Waals surface area contributed by atoms with Crippen LogP contribution in [0.3, 0.4) is 0 Å². The molecule has 0 fully saturated rings. The first kappa shape index (κ1) is 16.7. The van der Waals surface area contributed by atoms with Gasteiger partial charge in [0, 0.05) is 25.7 Å². The summed E-state index contributed by atoms with van der Waals surface area (Å²) < 4.78 is 7.59. The number of furan rings is 1. The van der Waals surface area contributed by atoms with E-state index < -0.39 is 11.1 Å². The minimum Gasteiger partial charge on any atom is -0.469 e. The monoisotopic (exact) mass is 342 g/mol. The van der Waals surface area contributed by atoms with Crippen molar-refractivity contribution in [1.29, 1.82) is 0 Å². The highest BCUT2D eigenvalue weighted by Crippen LogP contribution is 2.07. The summed E-state index contributed by atoms with van der Waals surface area (Å²) in [5, 5.41) is 2.80. The average Bonchev–Trinajstić information content (AvgIpc) is 3.09. The fourth-order valence-electron chi connectivity index (χ4n) is 2.72. The van der Waals surface area contributed by atoms with E-state index in [4.69, 9.17) is 4.42 Å². The number of rotatable bonds is 5. The van der Waals surface area contributed by atoms with Crippen molar-refractivity contribution >= 4 is 17.1 Å². The van der Waals surface area contributed by atoms with E-state index in [1.165, 1.54) is 17.8 Å². The smallest absolute Gasteiger partial charge is 0.317 e. The van der Waals surface area contributed by atoms with Crippen LogP contribution in [0.1, 0.15) is 12.7 Å². The summed E-state index contributed by atoms with van der Waals surface area (Å²) in [6.45, 7) is 1.59. The number of carbonyl (C=O) groups is 1. The molecule has 0 radical (unpaired) electrons. The first-order valence-corrected chi connectivity index (χ1v) is 7.83. The molecule has 0 aromatic carbocycles. The zero-order valence-corrected chi connectivity index (χ0v) is 13.9. The molecule has 0 aliphatic heterocycles. The maximum atomic E-state index is 12.3. The molecule has 8 nitrogen and oxygen atoms in total. The van der Waals surface area contributed by atoms with Gasteiger partial charge in [0.2, 0.25) is 5.91 Å². The Morgan fingerprint density at radius 2 is 2.08 bits per heavy atom. The molecular formula is C17H18N4O4. The highest BCUT2D eigenvalue weighted by Gasteiger charge is 2.16. The van der Waals surface area contributed by atoms with Gasteiger partial charge in [0.1, 0.15) is 12.3 Å². The second-order valence-corrected chi connectivity index (χ2v) is 5.85. The van der Waals surface area contributed by atoms with Gasteiger partial charge in [-0.2, -0.15) is 0 Å². The largest absolute Gasteiger partial charge is 0.469 e. The molecule has 0 spiro atoms. The van der Waals surface area contributed by atoms with E-state index in [2.05, 4.69) is 10.3 Å². The third-order valence-corrected chi connectivity index (χ3v) is 3.90. The summed E-state index contributed by atoms with van der Waals surface area (Å²) in [5.41, 5.74) is -0.688. The summed E-state index contributed by atoms with van der Waals surface area (Å²) >= 11 is 0. The van der Waals surface area contributed by atoms with Crippen LogP contribution in [0.25, 0.3) is 11.2 Å². The van der Waals surface area contributed by atoms with Gasteiger partial charge in [0.05, 0.1) is 11.8 Å². The minimum absolute atomic E-state index is 0.176. The number of hydrogen-bond donors (Lipinski definition) is 1. The second kappa shape index (κ2) is 6.76. The molecular weight excluding hydrogens is 324 g/mol. The average molecular weight is 342 g/mol. The van der Waals surface area contributed by atoms with Crippen LogP contribution in [0.4, 0.5) is 0 Å². The van der Waals surface area contributed by atoms with Crippen molar-refractivity contribution in [3.05, 3.63) is 63.2 Å². The van der Waals surface area contributed by atoms with Crippen LogP contribution in [0.5, 0.6) is 0 Å². The zero-order valence-electron chi connectivity index (χ0n) is 13.9. The van der Waals surface area contributed by atoms with Crippen LogP contribution in [0.15, 0.2) is 50.7 Å². The zero-order chi connectivity index (χ0) is 18.0. The summed E-state index contributed by atoms with van der Waals surface area (Å²) in [7, 11) is 1.48. The van der Waals surface area contributed by atoms with E-state index in [-0.39, 0.29) is 18.5 Å². The van der Waals surface area contributed by atoms with E-state index in [9.17, 15) is 14.4 Å². The molecule has 1 atom stereocenters. The molecule has 3 aromatic rings. The first-order valence-electron chi connectivity index (χ1n) is 7.83. The number of nitrogens with zero attached hydrogens (tertiary/aromatic N) is 3. The molecule has 0 unspecified atom stereocenters. The van der Waals surface area contributed by atoms with Crippen molar-refractivity contribution in [2.24, 2.45) is 7.05 Å². The summed E-state index contributed by atoms with van der Waals surface area (Å²) in [5.74, 6) is 0.396. The Balaban J connectivity index is 1.84. The molecule has 0 saturated carbocycles. The number of nitrogens with one attached hydrogen (secondary N) is 1. The molecule has 0 aliphatic rings. The Bertz CT molecular complexity index is 1020. The molecule has 8 heteroatoms. The predicted molar refractivity (Wildman–Crippen MR) is 91.3 cm³/mol. The van der Waals surface area contributed by atoms with E-state index >= 15 is 0 Å². The number of hydrogen-bond acceptors (Lipinski definition) is 5. The number of fused-ring (bicyclic) bond motifs is 1. The van der Waals surface area contributed by atoms with Gasteiger partial charge in [0.25, 0.3) is 0 Å². The lowest BCUT2D eigenvalue weighted by Gasteiger charge is -2.15. The van der Waals surface area contributed by atoms with Crippen LogP contribution in [0.2, 0.25) is 0 Å². The van der Waals surface area contributed by atoms with Gasteiger partial charge < -0.3 is 9.73 Å². The van der Waals surface area contributed by atoms with Crippen molar-refractivity contribution in [3.63, 3.8) is 0 Å². The summed E-state index contributed by atoms with van der Waals surface area (Å²) in [6.07, 6.45) is 3.64. The third kappa shape index (κ3) is 3.37. The Kier molecular flexibility index (Phi) is 4.51. The molecule has 130 valence electrons. The summed E-state index contributed by atoms with van der Waals surface area (Å²) in [6, 6.07) is 6.74. The molecule has 3 aromatic heterocycles. The van der Waals surface area contributed by atoms with Gasteiger partial charge in [-0.05, 0) is 31.2 Å². The highest BCUT2D eigenvalue weighted by molar-refractivity contribution is 5.79. The fraction of sp³-hybridized carbons (Fsp3) is 0.294. The topological polar surface area (TPSA) is 99.1 Å². The molecule has 3 rings (SSSR count). The van der Waals surface area contributed by atoms with Crippen molar-refractivity contribution in [1.82, 2.24) is 19.4 Å². The van der Waals surface area contributed by atoms with E-state index in [1.54, 1.807) is 24.5 Å². The van der Waals surface area contributed by atoms with Gasteiger partial charge in [-0.3, -0.25) is 23.5 Å². The number of amides is 1. The number of pyridine rings is 1. The maximum Gasteiger partial charge on any atom is 0.317 e. The molecule has 0 aliphatic carbocycles. The van der Waals surface area contributed by atoms with Crippen molar-refractivity contribution in [2.75, 3.05) is 0 Å². The summed E-state index contributed by atoms with van der Waals surface area (Å²) in [4.78, 5) is 40.8. The maximum absolute atomic E-state index is 12.3. The van der Waals surface area contributed by atoms with Crippen molar-refractivity contribution < 1.29 is 9.21 Å².